The van der Waals surface area contributed by atoms with Crippen LogP contribution < -0.4 is 0 Å². The Balaban J connectivity index is 1.06. The third-order valence-corrected chi connectivity index (χ3v) is 12.1. The van der Waals surface area contributed by atoms with Crippen LogP contribution in [0.3, 0.4) is 0 Å². The second kappa shape index (κ2) is 12.8. The molecule has 3 heteroatoms. The smallest absolute Gasteiger partial charge is 0.160 e. The lowest BCUT2D eigenvalue weighted by atomic mass is 9.67. The van der Waals surface area contributed by atoms with E-state index in [4.69, 9.17) is 14.4 Å². The van der Waals surface area contributed by atoms with Crippen LogP contribution in [0.2, 0.25) is 0 Å². The zero-order chi connectivity index (χ0) is 36.3. The van der Waals surface area contributed by atoms with Crippen LogP contribution >= 0.6 is 0 Å². The monoisotopic (exact) mass is 706 g/mol. The molecule has 9 aromatic rings. The summed E-state index contributed by atoms with van der Waals surface area (Å²) in [6.45, 7) is 0. The molecule has 262 valence electrons. The van der Waals surface area contributed by atoms with Crippen molar-refractivity contribution >= 4 is 21.9 Å². The minimum absolute atomic E-state index is 0.0954. The fraction of sp³-hybridized carbons (Fsp3) is 0.115. The highest BCUT2D eigenvalue weighted by atomic mass is 16.3. The molecule has 0 amide bonds. The van der Waals surface area contributed by atoms with E-state index in [0.717, 1.165) is 55.6 Å². The Morgan fingerprint density at radius 2 is 0.945 bits per heavy atom. The molecule has 2 aliphatic rings. The van der Waals surface area contributed by atoms with Gasteiger partial charge in [0.1, 0.15) is 11.2 Å². The molecule has 0 radical (unpaired) electrons. The van der Waals surface area contributed by atoms with E-state index < -0.39 is 0 Å². The van der Waals surface area contributed by atoms with E-state index in [1.165, 1.54) is 71.0 Å². The van der Waals surface area contributed by atoms with Crippen molar-refractivity contribution in [1.82, 2.24) is 9.97 Å². The summed E-state index contributed by atoms with van der Waals surface area (Å²) < 4.78 is 7.04. The van der Waals surface area contributed by atoms with E-state index in [1.54, 1.807) is 0 Å². The number of hydrogen-bond acceptors (Lipinski definition) is 3. The summed E-state index contributed by atoms with van der Waals surface area (Å²) in [5, 5.41) is 2.19. The van der Waals surface area contributed by atoms with Gasteiger partial charge in [0.25, 0.3) is 0 Å². The van der Waals surface area contributed by atoms with Gasteiger partial charge in [0.2, 0.25) is 0 Å². The molecule has 0 saturated heterocycles. The highest BCUT2D eigenvalue weighted by Crippen LogP contribution is 2.56. The third kappa shape index (κ3) is 5.18. The summed E-state index contributed by atoms with van der Waals surface area (Å²) in [5.74, 6) is 0.685. The van der Waals surface area contributed by atoms with Gasteiger partial charge in [0.15, 0.2) is 5.82 Å². The topological polar surface area (TPSA) is 38.9 Å². The molecular weight excluding hydrogens is 669 g/mol. The number of rotatable bonds is 5. The molecule has 0 atom stereocenters. The zero-order valence-electron chi connectivity index (χ0n) is 30.5. The van der Waals surface area contributed by atoms with Crippen molar-refractivity contribution in [3.05, 3.63) is 181 Å². The SMILES string of the molecule is c1ccc(-c2ccc(-c3cc(-c4cccc5c4oc4c(-c6ccc7c(c6)C6(CCCCC6)c6ccccc6-7)cccc45)nc(-c4ccccc4)n3)cc2)cc1. The van der Waals surface area contributed by atoms with Gasteiger partial charge >= 0.3 is 0 Å². The number of aromatic nitrogens is 2. The number of fused-ring (bicyclic) bond motifs is 8. The van der Waals surface area contributed by atoms with Crippen molar-refractivity contribution in [2.24, 2.45) is 0 Å². The Kier molecular flexibility index (Phi) is 7.41. The third-order valence-electron chi connectivity index (χ3n) is 12.1. The molecule has 0 aliphatic heterocycles. The summed E-state index contributed by atoms with van der Waals surface area (Å²) in [7, 11) is 0. The summed E-state index contributed by atoms with van der Waals surface area (Å²) in [4.78, 5) is 10.3. The number of benzene rings is 7. The van der Waals surface area contributed by atoms with E-state index in [-0.39, 0.29) is 5.41 Å². The summed E-state index contributed by atoms with van der Waals surface area (Å²) in [5.41, 5.74) is 17.0. The second-order valence-corrected chi connectivity index (χ2v) is 15.2. The van der Waals surface area contributed by atoms with Crippen molar-refractivity contribution < 1.29 is 4.42 Å². The molecule has 0 unspecified atom stereocenters. The predicted molar refractivity (Wildman–Crippen MR) is 226 cm³/mol. The van der Waals surface area contributed by atoms with Gasteiger partial charge in [-0.15, -0.1) is 0 Å². The lowest BCUT2D eigenvalue weighted by Crippen LogP contribution is -2.28. The fourth-order valence-corrected chi connectivity index (χ4v) is 9.48. The average Bonchev–Trinajstić information content (AvgIpc) is 3.78. The zero-order valence-corrected chi connectivity index (χ0v) is 30.5. The highest BCUT2D eigenvalue weighted by molar-refractivity contribution is 6.13. The molecule has 0 N–H and O–H groups in total. The van der Waals surface area contributed by atoms with Crippen molar-refractivity contribution in [2.75, 3.05) is 0 Å². The van der Waals surface area contributed by atoms with Crippen LogP contribution in [-0.4, -0.2) is 9.97 Å². The van der Waals surface area contributed by atoms with Gasteiger partial charge < -0.3 is 4.42 Å². The van der Waals surface area contributed by atoms with Crippen molar-refractivity contribution in [3.8, 4) is 67.3 Å². The van der Waals surface area contributed by atoms with Crippen LogP contribution in [0.5, 0.6) is 0 Å². The molecular formula is C52H38N2O. The molecule has 2 aromatic heterocycles. The summed E-state index contributed by atoms with van der Waals surface area (Å²) in [6.07, 6.45) is 6.29. The molecule has 1 saturated carbocycles. The molecule has 1 fully saturated rings. The van der Waals surface area contributed by atoms with E-state index in [2.05, 4.69) is 146 Å². The normalized spacial score (nSPS) is 14.3. The second-order valence-electron chi connectivity index (χ2n) is 15.2. The van der Waals surface area contributed by atoms with E-state index in [0.29, 0.717) is 5.82 Å². The van der Waals surface area contributed by atoms with Gasteiger partial charge in [-0.1, -0.05) is 171 Å². The number of hydrogen-bond donors (Lipinski definition) is 0. The van der Waals surface area contributed by atoms with Gasteiger partial charge in [-0.3, -0.25) is 0 Å². The first-order chi connectivity index (χ1) is 27.2. The first kappa shape index (κ1) is 31.9. The van der Waals surface area contributed by atoms with Crippen LogP contribution in [0.25, 0.3) is 89.2 Å². The Labute approximate surface area is 321 Å². The molecule has 1 spiro atoms. The van der Waals surface area contributed by atoms with Crippen LogP contribution in [0.4, 0.5) is 0 Å². The Bertz CT molecular complexity index is 2880. The quantitative estimate of drug-likeness (QED) is 0.179. The Morgan fingerprint density at radius 1 is 0.382 bits per heavy atom. The van der Waals surface area contributed by atoms with Gasteiger partial charge in [-0.05, 0) is 70.0 Å². The Hall–Kier alpha value is -6.58. The molecule has 0 bridgehead atoms. The van der Waals surface area contributed by atoms with Gasteiger partial charge in [-0.2, -0.15) is 0 Å². The number of furan rings is 1. The van der Waals surface area contributed by atoms with Crippen molar-refractivity contribution in [3.63, 3.8) is 0 Å². The maximum Gasteiger partial charge on any atom is 0.160 e. The van der Waals surface area contributed by atoms with Gasteiger partial charge in [0.05, 0.1) is 11.4 Å². The van der Waals surface area contributed by atoms with Crippen LogP contribution in [0.1, 0.15) is 43.2 Å². The summed E-state index contributed by atoms with van der Waals surface area (Å²) >= 11 is 0. The van der Waals surface area contributed by atoms with Crippen LogP contribution in [0, 0.1) is 0 Å². The summed E-state index contributed by atoms with van der Waals surface area (Å²) in [6, 6.07) is 60.7. The van der Waals surface area contributed by atoms with Crippen LogP contribution in [-0.2, 0) is 5.41 Å². The fourth-order valence-electron chi connectivity index (χ4n) is 9.48. The molecule has 2 heterocycles. The first-order valence-electron chi connectivity index (χ1n) is 19.5. The predicted octanol–water partition coefficient (Wildman–Crippen LogP) is 13.9. The van der Waals surface area contributed by atoms with Gasteiger partial charge in [0, 0.05) is 38.4 Å². The molecule has 3 nitrogen and oxygen atoms in total. The highest BCUT2D eigenvalue weighted by Gasteiger charge is 2.43. The average molecular weight is 707 g/mol. The molecule has 2 aliphatic carbocycles. The van der Waals surface area contributed by atoms with Gasteiger partial charge in [-0.25, -0.2) is 9.97 Å². The Morgan fingerprint density at radius 3 is 1.71 bits per heavy atom. The maximum absolute atomic E-state index is 7.04. The van der Waals surface area contributed by atoms with Crippen LogP contribution in [0.15, 0.2) is 174 Å². The molecule has 11 rings (SSSR count). The lowest BCUT2D eigenvalue weighted by molar-refractivity contribution is 0.353. The van der Waals surface area contributed by atoms with E-state index in [9.17, 15) is 0 Å². The number of para-hydroxylation sites is 2. The molecule has 55 heavy (non-hydrogen) atoms. The standard InChI is InChI=1S/C52H38N2O/c1-4-14-34(15-5-1)35-24-26-36(27-25-35)47-33-48(54-51(53-47)37-16-6-2-7-17-37)44-22-13-21-43-42-20-12-19-39(49(42)55-50(43)44)38-28-29-41-40-18-8-9-23-45(40)52(46(41)32-38)30-10-3-11-31-52/h1-2,4-9,12-29,32-33H,3,10-11,30-31H2. The maximum atomic E-state index is 7.04. The van der Waals surface area contributed by atoms with E-state index in [1.807, 2.05) is 24.3 Å². The van der Waals surface area contributed by atoms with Crippen molar-refractivity contribution in [1.29, 1.82) is 0 Å². The largest absolute Gasteiger partial charge is 0.455 e. The lowest BCUT2D eigenvalue weighted by Gasteiger charge is -2.36. The minimum atomic E-state index is 0.0954. The molecule has 7 aromatic carbocycles. The van der Waals surface area contributed by atoms with E-state index >= 15 is 0 Å². The minimum Gasteiger partial charge on any atom is -0.455 e. The number of nitrogens with zero attached hydrogens (tertiary/aromatic N) is 2. The van der Waals surface area contributed by atoms with Crippen molar-refractivity contribution in [2.45, 2.75) is 37.5 Å². The first-order valence-corrected chi connectivity index (χ1v) is 19.5.